The van der Waals surface area contributed by atoms with Crippen molar-refractivity contribution in [2.45, 2.75) is 19.3 Å². The van der Waals surface area contributed by atoms with Crippen molar-refractivity contribution in [3.8, 4) is 0 Å². The Bertz CT molecular complexity index is 1270. The zero-order valence-corrected chi connectivity index (χ0v) is 18.2. The molecule has 2 amide bonds. The highest BCUT2D eigenvalue weighted by atomic mass is 35.5. The highest BCUT2D eigenvalue weighted by Gasteiger charge is 2.30. The zero-order valence-electron chi connectivity index (χ0n) is 17.4. The van der Waals surface area contributed by atoms with Gasteiger partial charge in [-0.15, -0.1) is 0 Å². The van der Waals surface area contributed by atoms with Gasteiger partial charge >= 0.3 is 12.2 Å². The maximum atomic E-state index is 13.2. The Morgan fingerprint density at radius 1 is 0.848 bits per heavy atom. The van der Waals surface area contributed by atoms with Crippen LogP contribution in [-0.4, -0.2) is 10.9 Å². The van der Waals surface area contributed by atoms with E-state index in [1.54, 1.807) is 17.0 Å². The lowest BCUT2D eigenvalue weighted by atomic mass is 10.0. The van der Waals surface area contributed by atoms with Gasteiger partial charge in [0.15, 0.2) is 0 Å². The third-order valence-corrected chi connectivity index (χ3v) is 5.51. The smallest absolute Gasteiger partial charge is 0.316 e. The van der Waals surface area contributed by atoms with E-state index in [0.717, 1.165) is 34.0 Å². The van der Waals surface area contributed by atoms with Crippen molar-refractivity contribution in [3.63, 3.8) is 0 Å². The van der Waals surface area contributed by atoms with Crippen LogP contribution in [0.1, 0.15) is 16.7 Å². The van der Waals surface area contributed by atoms with Crippen LogP contribution in [0.3, 0.4) is 0 Å². The molecule has 0 bridgehead atoms. The van der Waals surface area contributed by atoms with Gasteiger partial charge in [0.25, 0.3) is 0 Å². The number of amides is 2. The summed E-state index contributed by atoms with van der Waals surface area (Å²) in [5.74, 6) is 0. The summed E-state index contributed by atoms with van der Waals surface area (Å²) in [4.78, 5) is 14.8. The van der Waals surface area contributed by atoms with Crippen molar-refractivity contribution in [3.05, 3.63) is 113 Å². The molecule has 7 heteroatoms. The fourth-order valence-corrected chi connectivity index (χ4v) is 3.75. The van der Waals surface area contributed by atoms with E-state index in [2.05, 4.69) is 5.32 Å². The van der Waals surface area contributed by atoms with Crippen LogP contribution in [0, 0.1) is 0 Å². The van der Waals surface area contributed by atoms with Crippen LogP contribution in [0.2, 0.25) is 5.02 Å². The Hall–Kier alpha value is -3.51. The molecule has 0 saturated carbocycles. The number of carbonyl (C=O) groups is 1. The summed E-state index contributed by atoms with van der Waals surface area (Å²) in [5, 5.41) is 5.24. The fraction of sp³-hybridized carbons (Fsp3) is 0.115. The predicted molar refractivity (Wildman–Crippen MR) is 125 cm³/mol. The fourth-order valence-electron chi connectivity index (χ4n) is 3.62. The van der Waals surface area contributed by atoms with Crippen LogP contribution < -0.4 is 5.32 Å². The van der Waals surface area contributed by atoms with E-state index in [1.165, 1.54) is 12.1 Å². The third-order valence-electron chi connectivity index (χ3n) is 5.26. The van der Waals surface area contributed by atoms with Crippen LogP contribution in [0.4, 0.5) is 23.7 Å². The van der Waals surface area contributed by atoms with Gasteiger partial charge in [-0.2, -0.15) is 13.2 Å². The molecule has 0 aliphatic carbocycles. The quantitative estimate of drug-likeness (QED) is 0.319. The first-order chi connectivity index (χ1) is 15.8. The molecule has 0 aliphatic rings. The molecule has 33 heavy (non-hydrogen) atoms. The van der Waals surface area contributed by atoms with E-state index in [9.17, 15) is 18.0 Å². The largest absolute Gasteiger partial charge is 0.416 e. The van der Waals surface area contributed by atoms with Crippen molar-refractivity contribution in [2.24, 2.45) is 0 Å². The summed E-state index contributed by atoms with van der Waals surface area (Å²) >= 11 is 5.98. The lowest BCUT2D eigenvalue weighted by Crippen LogP contribution is -2.34. The molecule has 0 atom stereocenters. The zero-order chi connectivity index (χ0) is 23.4. The number of hydrogen-bond acceptors (Lipinski definition) is 1. The number of nitrogens with zero attached hydrogens (tertiary/aromatic N) is 1. The van der Waals surface area contributed by atoms with E-state index in [4.69, 9.17) is 11.6 Å². The molecular weight excluding hydrogens is 449 g/mol. The number of rotatable bonds is 5. The summed E-state index contributed by atoms with van der Waals surface area (Å²) in [6, 6.07) is 24.9. The Labute approximate surface area is 194 Å². The number of anilines is 1. The van der Waals surface area contributed by atoms with E-state index in [-0.39, 0.29) is 18.8 Å². The molecule has 0 aliphatic heterocycles. The molecule has 4 aromatic carbocycles. The van der Waals surface area contributed by atoms with Gasteiger partial charge in [0.2, 0.25) is 0 Å². The number of fused-ring (bicyclic) bond motifs is 1. The summed E-state index contributed by atoms with van der Waals surface area (Å²) < 4.78 is 39.3. The highest BCUT2D eigenvalue weighted by molar-refractivity contribution is 6.30. The monoisotopic (exact) mass is 468 g/mol. The average Bonchev–Trinajstić information content (AvgIpc) is 2.80. The summed E-state index contributed by atoms with van der Waals surface area (Å²) in [6.45, 7) is 0.528. The SMILES string of the molecule is O=C(Nc1cccc(C(F)(F)F)c1)N(Cc1ccc(Cl)cc1)Cc1cccc2ccccc12. The summed E-state index contributed by atoms with van der Waals surface area (Å²) in [6.07, 6.45) is -4.49. The van der Waals surface area contributed by atoms with Crippen molar-refractivity contribution in [1.82, 2.24) is 4.90 Å². The van der Waals surface area contributed by atoms with Crippen LogP contribution in [0.5, 0.6) is 0 Å². The van der Waals surface area contributed by atoms with E-state index >= 15 is 0 Å². The average molecular weight is 469 g/mol. The molecule has 0 radical (unpaired) electrons. The second-order valence-corrected chi connectivity index (χ2v) is 8.07. The first-order valence-corrected chi connectivity index (χ1v) is 10.6. The Kier molecular flexibility index (Phi) is 6.56. The minimum absolute atomic E-state index is 0.0776. The van der Waals surface area contributed by atoms with Gasteiger partial charge in [-0.25, -0.2) is 4.79 Å². The van der Waals surface area contributed by atoms with Crippen LogP contribution in [0.15, 0.2) is 91.0 Å². The van der Waals surface area contributed by atoms with Crippen molar-refractivity contribution in [1.29, 1.82) is 0 Å². The molecule has 0 saturated heterocycles. The lowest BCUT2D eigenvalue weighted by molar-refractivity contribution is -0.137. The molecule has 0 aromatic heterocycles. The van der Waals surface area contributed by atoms with Gasteiger partial charge in [0.1, 0.15) is 0 Å². The van der Waals surface area contributed by atoms with Crippen molar-refractivity contribution in [2.75, 3.05) is 5.32 Å². The molecule has 4 aromatic rings. The topological polar surface area (TPSA) is 32.3 Å². The molecule has 3 nitrogen and oxygen atoms in total. The lowest BCUT2D eigenvalue weighted by Gasteiger charge is -2.24. The van der Waals surface area contributed by atoms with E-state index in [1.807, 2.05) is 54.6 Å². The molecule has 168 valence electrons. The van der Waals surface area contributed by atoms with Gasteiger partial charge in [-0.1, -0.05) is 72.3 Å². The second kappa shape index (κ2) is 9.55. The van der Waals surface area contributed by atoms with Crippen molar-refractivity contribution >= 4 is 34.1 Å². The molecule has 0 heterocycles. The van der Waals surface area contributed by atoms with Crippen LogP contribution >= 0.6 is 11.6 Å². The van der Waals surface area contributed by atoms with Gasteiger partial charge in [0.05, 0.1) is 5.56 Å². The highest BCUT2D eigenvalue weighted by Crippen LogP contribution is 2.31. The van der Waals surface area contributed by atoms with Crippen LogP contribution in [0.25, 0.3) is 10.8 Å². The molecule has 0 unspecified atom stereocenters. The Morgan fingerprint density at radius 3 is 2.30 bits per heavy atom. The molecule has 0 fully saturated rings. The van der Waals surface area contributed by atoms with Crippen molar-refractivity contribution < 1.29 is 18.0 Å². The molecule has 1 N–H and O–H groups in total. The first kappa shape index (κ1) is 22.7. The minimum Gasteiger partial charge on any atom is -0.316 e. The molecule has 4 rings (SSSR count). The maximum Gasteiger partial charge on any atom is 0.416 e. The number of benzene rings is 4. The number of halogens is 4. The Morgan fingerprint density at radius 2 is 1.55 bits per heavy atom. The number of nitrogens with one attached hydrogen (secondary N) is 1. The third kappa shape index (κ3) is 5.65. The summed E-state index contributed by atoms with van der Waals surface area (Å²) in [7, 11) is 0. The van der Waals surface area contributed by atoms with E-state index < -0.39 is 17.8 Å². The van der Waals surface area contributed by atoms with Gasteiger partial charge in [0, 0.05) is 23.8 Å². The first-order valence-electron chi connectivity index (χ1n) is 10.2. The predicted octanol–water partition coefficient (Wildman–Crippen LogP) is 7.75. The normalized spacial score (nSPS) is 11.4. The second-order valence-electron chi connectivity index (χ2n) is 7.63. The standard InChI is InChI=1S/C26H20ClF3N2O/c27-22-13-11-18(12-14-22)16-32(17-20-7-3-6-19-5-1-2-10-24(19)20)25(33)31-23-9-4-8-21(15-23)26(28,29)30/h1-15H,16-17H2,(H,31,33). The van der Waals surface area contributed by atoms with Gasteiger partial charge in [-0.05, 0) is 52.2 Å². The number of carbonyl (C=O) groups excluding carboxylic acids is 1. The molecule has 0 spiro atoms. The minimum atomic E-state index is -4.49. The number of hydrogen-bond donors (Lipinski definition) is 1. The number of alkyl halides is 3. The van der Waals surface area contributed by atoms with Gasteiger partial charge < -0.3 is 10.2 Å². The Balaban J connectivity index is 1.63. The number of urea groups is 1. The van der Waals surface area contributed by atoms with E-state index in [0.29, 0.717) is 5.02 Å². The maximum absolute atomic E-state index is 13.2. The van der Waals surface area contributed by atoms with Gasteiger partial charge in [-0.3, -0.25) is 0 Å². The summed E-state index contributed by atoms with van der Waals surface area (Å²) in [5.41, 5.74) is 1.03. The van der Waals surface area contributed by atoms with Crippen LogP contribution in [-0.2, 0) is 19.3 Å². The molecular formula is C26H20ClF3N2O.